The van der Waals surface area contributed by atoms with E-state index in [0.717, 1.165) is 16.1 Å². The molecule has 1 saturated carbocycles. The van der Waals surface area contributed by atoms with Gasteiger partial charge >= 0.3 is 12.1 Å². The minimum atomic E-state index is -4.73. The van der Waals surface area contributed by atoms with Gasteiger partial charge in [0.15, 0.2) is 0 Å². The van der Waals surface area contributed by atoms with Crippen molar-refractivity contribution in [2.24, 2.45) is 17.8 Å². The van der Waals surface area contributed by atoms with Crippen LogP contribution in [0.4, 0.5) is 23.2 Å². The predicted molar refractivity (Wildman–Crippen MR) is 116 cm³/mol. The lowest BCUT2D eigenvalue weighted by atomic mass is 9.65. The number of ether oxygens (including phenoxy) is 1. The Morgan fingerprint density at radius 3 is 2.36 bits per heavy atom. The van der Waals surface area contributed by atoms with Crippen molar-refractivity contribution in [1.82, 2.24) is 0 Å². The van der Waals surface area contributed by atoms with Gasteiger partial charge in [-0.1, -0.05) is 28.1 Å². The minimum Gasteiger partial charge on any atom is -0.481 e. The molecule has 0 bridgehead atoms. The van der Waals surface area contributed by atoms with Gasteiger partial charge in [-0.15, -0.1) is 0 Å². The number of aliphatic carboxylic acids is 1. The predicted octanol–water partition coefficient (Wildman–Crippen LogP) is 5.70. The van der Waals surface area contributed by atoms with Gasteiger partial charge < -0.3 is 15.2 Å². The topological polar surface area (TPSA) is 75.6 Å². The molecule has 2 N–H and O–H groups in total. The molecular weight excluding hydrogens is 510 g/mol. The highest BCUT2D eigenvalue weighted by atomic mass is 79.9. The maximum Gasteiger partial charge on any atom is 0.416 e. The van der Waals surface area contributed by atoms with E-state index in [1.807, 2.05) is 0 Å². The number of carboxylic acids is 1. The lowest BCUT2D eigenvalue weighted by molar-refractivity contribution is -0.150. The number of nitrogens with one attached hydrogen (secondary N) is 1. The number of benzene rings is 2. The van der Waals surface area contributed by atoms with Crippen LogP contribution in [0, 0.1) is 23.6 Å². The molecule has 33 heavy (non-hydrogen) atoms. The van der Waals surface area contributed by atoms with Crippen LogP contribution < -0.4 is 5.32 Å². The summed E-state index contributed by atoms with van der Waals surface area (Å²) in [5.41, 5.74) is -0.884. The van der Waals surface area contributed by atoms with Gasteiger partial charge in [0, 0.05) is 18.2 Å². The van der Waals surface area contributed by atoms with Crippen LogP contribution in [0.1, 0.15) is 29.9 Å². The number of carbonyl (C=O) groups is 2. The summed E-state index contributed by atoms with van der Waals surface area (Å²) in [7, 11) is 1.50. The molecule has 1 amide bonds. The monoisotopic (exact) mass is 531 g/mol. The molecule has 178 valence electrons. The fourth-order valence-corrected chi connectivity index (χ4v) is 4.71. The highest BCUT2D eigenvalue weighted by molar-refractivity contribution is 9.10. The number of hydrogen-bond donors (Lipinski definition) is 2. The van der Waals surface area contributed by atoms with E-state index < -0.39 is 52.9 Å². The number of methoxy groups -OCH3 is 1. The quantitative estimate of drug-likeness (QED) is 0.468. The van der Waals surface area contributed by atoms with Crippen LogP contribution in [0.15, 0.2) is 46.9 Å². The van der Waals surface area contributed by atoms with Crippen LogP contribution >= 0.6 is 15.9 Å². The Balaban J connectivity index is 1.91. The number of anilines is 1. The van der Waals surface area contributed by atoms with Crippen molar-refractivity contribution in [3.05, 3.63) is 63.9 Å². The minimum absolute atomic E-state index is 0.132. The van der Waals surface area contributed by atoms with Crippen molar-refractivity contribution in [1.29, 1.82) is 0 Å². The lowest BCUT2D eigenvalue weighted by Crippen LogP contribution is -2.43. The molecule has 4 atom stereocenters. The van der Waals surface area contributed by atoms with E-state index in [9.17, 15) is 32.3 Å². The molecular formula is C23H22BrF4NO4. The smallest absolute Gasteiger partial charge is 0.416 e. The van der Waals surface area contributed by atoms with Crippen LogP contribution in [-0.2, 0) is 20.5 Å². The Labute approximate surface area is 196 Å². The Bertz CT molecular complexity index is 1010. The maximum absolute atomic E-state index is 14.3. The summed E-state index contributed by atoms with van der Waals surface area (Å²) in [6.07, 6.45) is -4.07. The molecule has 2 aromatic rings. The van der Waals surface area contributed by atoms with E-state index in [1.165, 1.54) is 7.11 Å². The summed E-state index contributed by atoms with van der Waals surface area (Å²) in [4.78, 5) is 25.3. The van der Waals surface area contributed by atoms with Crippen LogP contribution in [0.2, 0.25) is 0 Å². The number of hydrogen-bond acceptors (Lipinski definition) is 3. The molecule has 0 aliphatic heterocycles. The highest BCUT2D eigenvalue weighted by Crippen LogP contribution is 2.45. The molecule has 5 nitrogen and oxygen atoms in total. The number of rotatable bonds is 6. The maximum atomic E-state index is 14.3. The first-order chi connectivity index (χ1) is 15.5. The fraction of sp³-hybridized carbons (Fsp3) is 0.391. The SMILES string of the molecule is COCC1C[C@H](c2ccc(Br)cc2)[C@@H](C(=O)O)[C@H](C(=O)Nc2ccc(C(F)(F)F)cc2F)C1. The second-order valence-corrected chi connectivity index (χ2v) is 9.02. The Morgan fingerprint density at radius 2 is 1.82 bits per heavy atom. The zero-order valence-electron chi connectivity index (χ0n) is 17.5. The van der Waals surface area contributed by atoms with Gasteiger partial charge in [-0.3, -0.25) is 9.59 Å². The van der Waals surface area contributed by atoms with Gasteiger partial charge in [0.1, 0.15) is 5.82 Å². The van der Waals surface area contributed by atoms with Crippen molar-refractivity contribution < 1.29 is 37.0 Å². The van der Waals surface area contributed by atoms with Crippen molar-refractivity contribution >= 4 is 33.5 Å². The van der Waals surface area contributed by atoms with Crippen LogP contribution in [0.25, 0.3) is 0 Å². The fourth-order valence-electron chi connectivity index (χ4n) is 4.45. The summed E-state index contributed by atoms with van der Waals surface area (Å²) in [6, 6.07) is 8.90. The van der Waals surface area contributed by atoms with Crippen molar-refractivity contribution in [2.45, 2.75) is 24.9 Å². The van der Waals surface area contributed by atoms with E-state index in [-0.39, 0.29) is 12.3 Å². The van der Waals surface area contributed by atoms with E-state index in [0.29, 0.717) is 25.2 Å². The van der Waals surface area contributed by atoms with Gasteiger partial charge in [-0.2, -0.15) is 13.2 Å². The van der Waals surface area contributed by atoms with Crippen molar-refractivity contribution in [3.8, 4) is 0 Å². The zero-order valence-corrected chi connectivity index (χ0v) is 19.1. The normalized spacial score (nSPS) is 23.2. The second-order valence-electron chi connectivity index (χ2n) is 8.10. The Hall–Kier alpha value is -2.46. The highest BCUT2D eigenvalue weighted by Gasteiger charge is 2.46. The first-order valence-electron chi connectivity index (χ1n) is 10.2. The van der Waals surface area contributed by atoms with Gasteiger partial charge in [0.05, 0.1) is 23.1 Å². The molecule has 1 unspecified atom stereocenters. The average molecular weight is 532 g/mol. The molecule has 3 rings (SSSR count). The van der Waals surface area contributed by atoms with Crippen molar-refractivity contribution in [2.75, 3.05) is 19.0 Å². The van der Waals surface area contributed by atoms with Crippen LogP contribution in [0.5, 0.6) is 0 Å². The molecule has 0 heterocycles. The largest absolute Gasteiger partial charge is 0.481 e. The number of amides is 1. The van der Waals surface area contributed by atoms with E-state index in [1.54, 1.807) is 24.3 Å². The van der Waals surface area contributed by atoms with Crippen molar-refractivity contribution in [3.63, 3.8) is 0 Å². The van der Waals surface area contributed by atoms with Gasteiger partial charge in [-0.05, 0) is 60.6 Å². The van der Waals surface area contributed by atoms with Crippen LogP contribution in [-0.4, -0.2) is 30.7 Å². The summed E-state index contributed by atoms with van der Waals surface area (Å²) in [5, 5.41) is 12.3. The third-order valence-electron chi connectivity index (χ3n) is 5.92. The second kappa shape index (κ2) is 10.2. The molecule has 0 aromatic heterocycles. The molecule has 2 aromatic carbocycles. The van der Waals surface area contributed by atoms with E-state index in [2.05, 4.69) is 21.2 Å². The Morgan fingerprint density at radius 1 is 1.15 bits per heavy atom. The third-order valence-corrected chi connectivity index (χ3v) is 6.45. The summed E-state index contributed by atoms with van der Waals surface area (Å²) >= 11 is 3.34. The summed E-state index contributed by atoms with van der Waals surface area (Å²) in [5.74, 6) is -5.96. The van der Waals surface area contributed by atoms with Crippen LogP contribution in [0.3, 0.4) is 0 Å². The Kier molecular flexibility index (Phi) is 7.79. The lowest BCUT2D eigenvalue weighted by Gasteiger charge is -2.39. The van der Waals surface area contributed by atoms with E-state index in [4.69, 9.17) is 4.74 Å². The van der Waals surface area contributed by atoms with E-state index >= 15 is 0 Å². The molecule has 0 saturated heterocycles. The molecule has 0 radical (unpaired) electrons. The summed E-state index contributed by atoms with van der Waals surface area (Å²) in [6.45, 7) is 0.303. The molecule has 1 aliphatic rings. The average Bonchev–Trinajstić information content (AvgIpc) is 2.74. The molecule has 10 heteroatoms. The molecule has 0 spiro atoms. The van der Waals surface area contributed by atoms with Gasteiger partial charge in [0.25, 0.3) is 0 Å². The number of carboxylic acid groups (broad SMARTS) is 1. The third kappa shape index (κ3) is 5.92. The first-order valence-corrected chi connectivity index (χ1v) is 11.0. The number of halogens is 5. The van der Waals surface area contributed by atoms with Gasteiger partial charge in [0.2, 0.25) is 5.91 Å². The molecule has 1 fully saturated rings. The van der Waals surface area contributed by atoms with Gasteiger partial charge in [-0.25, -0.2) is 4.39 Å². The summed E-state index contributed by atoms with van der Waals surface area (Å²) < 4.78 is 58.7. The first kappa shape index (κ1) is 25.2. The number of carbonyl (C=O) groups excluding carboxylic acids is 1. The molecule has 1 aliphatic carbocycles. The number of alkyl halides is 3. The standard InChI is InChI=1S/C23H22BrF4NO4/c1-33-11-12-8-16(13-2-5-15(24)6-3-13)20(22(31)32)17(9-12)21(30)29-19-7-4-14(10-18(19)25)23(26,27)28/h2-7,10,12,16-17,20H,8-9,11H2,1H3,(H,29,30)(H,31,32)/t12?,16-,17-,20-/m1/s1. The zero-order chi connectivity index (χ0) is 24.3.